The van der Waals surface area contributed by atoms with E-state index in [1.807, 2.05) is 6.07 Å². The van der Waals surface area contributed by atoms with Gasteiger partial charge in [0, 0.05) is 50.4 Å². The summed E-state index contributed by atoms with van der Waals surface area (Å²) in [4.78, 5) is 5.10. The Morgan fingerprint density at radius 2 is 1.04 bits per heavy atom. The van der Waals surface area contributed by atoms with Crippen LogP contribution in [0.2, 0.25) is 0 Å². The van der Waals surface area contributed by atoms with Crippen LogP contribution in [-0.2, 0) is 0 Å². The quantitative estimate of drug-likeness (QED) is 0.197. The van der Waals surface area contributed by atoms with E-state index in [2.05, 4.69) is 178 Å². The number of imidazole rings is 1. The predicted octanol–water partition coefficient (Wildman–Crippen LogP) is 10.9. The third-order valence-electron chi connectivity index (χ3n) is 9.46. The summed E-state index contributed by atoms with van der Waals surface area (Å²) in [5, 5.41) is 6.26. The van der Waals surface area contributed by atoms with Crippen LogP contribution in [0.5, 0.6) is 0 Å². The lowest BCUT2D eigenvalue weighted by atomic mass is 10.0. The molecule has 0 bridgehead atoms. The van der Waals surface area contributed by atoms with Crippen LogP contribution >= 0.6 is 0 Å². The lowest BCUT2D eigenvalue weighted by Gasteiger charge is -2.12. The SMILES string of the molecule is c1ccc(-n2ccc3ccc4ccc5c(c6ccccc6n5-c5ccc(-c6nc7ccccc7n6-c6ccccc6)cc5)c4c32)cc1. The standard InChI is InChI=1S/C43H28N4/c1-3-11-32(12-4-1)45-28-27-30-20-19-29-23-26-39-41(40(29)42(30)45)35-15-7-9-17-37(35)46(39)34-24-21-31(22-25-34)43-44-36-16-8-10-18-38(36)47(43)33-13-5-2-6-14-33/h1-28H. The highest BCUT2D eigenvalue weighted by atomic mass is 15.1. The molecule has 0 aliphatic heterocycles. The summed E-state index contributed by atoms with van der Waals surface area (Å²) in [7, 11) is 0. The summed E-state index contributed by atoms with van der Waals surface area (Å²) < 4.78 is 6.99. The van der Waals surface area contributed by atoms with Crippen LogP contribution in [-0.4, -0.2) is 18.7 Å². The molecule has 0 fully saturated rings. The molecule has 10 aromatic rings. The van der Waals surface area contributed by atoms with Gasteiger partial charge in [0.05, 0.1) is 27.6 Å². The maximum atomic E-state index is 5.10. The average Bonchev–Trinajstić information content (AvgIpc) is 3.84. The summed E-state index contributed by atoms with van der Waals surface area (Å²) in [6.45, 7) is 0. The van der Waals surface area contributed by atoms with Gasteiger partial charge in [-0.1, -0.05) is 84.9 Å². The Kier molecular flexibility index (Phi) is 5.54. The summed E-state index contributed by atoms with van der Waals surface area (Å²) >= 11 is 0. The van der Waals surface area contributed by atoms with Gasteiger partial charge in [0.2, 0.25) is 0 Å². The largest absolute Gasteiger partial charge is 0.316 e. The van der Waals surface area contributed by atoms with Crippen molar-refractivity contribution in [3.05, 3.63) is 170 Å². The zero-order valence-electron chi connectivity index (χ0n) is 25.5. The number of hydrogen-bond acceptors (Lipinski definition) is 1. The van der Waals surface area contributed by atoms with E-state index in [9.17, 15) is 0 Å². The van der Waals surface area contributed by atoms with E-state index in [0.717, 1.165) is 39.5 Å². The van der Waals surface area contributed by atoms with Crippen LogP contribution < -0.4 is 0 Å². The van der Waals surface area contributed by atoms with Crippen molar-refractivity contribution in [2.45, 2.75) is 0 Å². The maximum Gasteiger partial charge on any atom is 0.145 e. The molecule has 3 aromatic heterocycles. The zero-order chi connectivity index (χ0) is 30.9. The molecule has 0 unspecified atom stereocenters. The van der Waals surface area contributed by atoms with Crippen molar-refractivity contribution in [2.24, 2.45) is 0 Å². The van der Waals surface area contributed by atoms with Gasteiger partial charge in [-0.15, -0.1) is 0 Å². The molecule has 0 spiro atoms. The first-order chi connectivity index (χ1) is 23.3. The number of aromatic nitrogens is 4. The molecule has 0 saturated heterocycles. The normalized spacial score (nSPS) is 11.8. The third-order valence-corrected chi connectivity index (χ3v) is 9.46. The first-order valence-electron chi connectivity index (χ1n) is 16.0. The Hall–Kier alpha value is -6.39. The van der Waals surface area contributed by atoms with E-state index >= 15 is 0 Å². The number of para-hydroxylation sites is 5. The van der Waals surface area contributed by atoms with Gasteiger partial charge in [-0.05, 0) is 84.2 Å². The smallest absolute Gasteiger partial charge is 0.145 e. The highest BCUT2D eigenvalue weighted by Crippen LogP contribution is 2.41. The fourth-order valence-corrected chi connectivity index (χ4v) is 7.40. The topological polar surface area (TPSA) is 27.7 Å². The first-order valence-corrected chi connectivity index (χ1v) is 16.0. The van der Waals surface area contributed by atoms with Crippen molar-refractivity contribution in [3.8, 4) is 28.5 Å². The van der Waals surface area contributed by atoms with Crippen LogP contribution in [0.25, 0.3) is 83.0 Å². The second kappa shape index (κ2) is 10.1. The molecule has 220 valence electrons. The van der Waals surface area contributed by atoms with Crippen LogP contribution in [0.15, 0.2) is 170 Å². The number of benzene rings is 7. The second-order valence-electron chi connectivity index (χ2n) is 12.1. The van der Waals surface area contributed by atoms with Crippen LogP contribution in [0.1, 0.15) is 0 Å². The first kappa shape index (κ1) is 25.9. The molecule has 0 aliphatic carbocycles. The Bertz CT molecular complexity index is 2760. The van der Waals surface area contributed by atoms with E-state index in [-0.39, 0.29) is 0 Å². The highest BCUT2D eigenvalue weighted by Gasteiger charge is 2.19. The Morgan fingerprint density at radius 1 is 0.404 bits per heavy atom. The summed E-state index contributed by atoms with van der Waals surface area (Å²) in [5.41, 5.74) is 10.1. The summed E-state index contributed by atoms with van der Waals surface area (Å²) in [5.74, 6) is 0.932. The Balaban J connectivity index is 1.21. The molecule has 7 aromatic carbocycles. The van der Waals surface area contributed by atoms with Gasteiger partial charge >= 0.3 is 0 Å². The van der Waals surface area contributed by atoms with Crippen molar-refractivity contribution < 1.29 is 0 Å². The van der Waals surface area contributed by atoms with Gasteiger partial charge in [-0.25, -0.2) is 4.98 Å². The van der Waals surface area contributed by atoms with Crippen molar-refractivity contribution in [3.63, 3.8) is 0 Å². The fraction of sp³-hybridized carbons (Fsp3) is 0. The van der Waals surface area contributed by atoms with E-state index in [4.69, 9.17) is 4.98 Å². The fourth-order valence-electron chi connectivity index (χ4n) is 7.40. The molecular formula is C43H28N4. The predicted molar refractivity (Wildman–Crippen MR) is 195 cm³/mol. The molecule has 10 rings (SSSR count). The molecule has 0 atom stereocenters. The van der Waals surface area contributed by atoms with Gasteiger partial charge < -0.3 is 9.13 Å². The average molecular weight is 601 g/mol. The molecule has 3 heterocycles. The lowest BCUT2D eigenvalue weighted by Crippen LogP contribution is -1.98. The van der Waals surface area contributed by atoms with Crippen LogP contribution in [0, 0.1) is 0 Å². The highest BCUT2D eigenvalue weighted by molar-refractivity contribution is 6.27. The van der Waals surface area contributed by atoms with Gasteiger partial charge in [0.25, 0.3) is 0 Å². The molecule has 0 saturated carbocycles. The van der Waals surface area contributed by atoms with Crippen molar-refractivity contribution in [1.29, 1.82) is 0 Å². The Labute approximate surface area is 271 Å². The summed E-state index contributed by atoms with van der Waals surface area (Å²) in [6, 6.07) is 58.4. The van der Waals surface area contributed by atoms with Gasteiger partial charge in [-0.3, -0.25) is 4.57 Å². The third kappa shape index (κ3) is 3.85. The minimum Gasteiger partial charge on any atom is -0.316 e. The monoisotopic (exact) mass is 600 g/mol. The van der Waals surface area contributed by atoms with Gasteiger partial charge in [0.15, 0.2) is 0 Å². The van der Waals surface area contributed by atoms with Crippen molar-refractivity contribution >= 4 is 54.5 Å². The summed E-state index contributed by atoms with van der Waals surface area (Å²) in [6.07, 6.45) is 2.19. The molecule has 4 heteroatoms. The molecule has 4 nitrogen and oxygen atoms in total. The Morgan fingerprint density at radius 3 is 1.85 bits per heavy atom. The number of nitrogens with zero attached hydrogens (tertiary/aromatic N) is 4. The van der Waals surface area contributed by atoms with Gasteiger partial charge in [-0.2, -0.15) is 0 Å². The maximum absolute atomic E-state index is 5.10. The molecular weight excluding hydrogens is 573 g/mol. The number of hydrogen-bond donors (Lipinski definition) is 0. The zero-order valence-corrected chi connectivity index (χ0v) is 25.5. The molecule has 0 aliphatic rings. The number of rotatable bonds is 4. The van der Waals surface area contributed by atoms with Crippen molar-refractivity contribution in [2.75, 3.05) is 0 Å². The van der Waals surface area contributed by atoms with Gasteiger partial charge in [0.1, 0.15) is 5.82 Å². The second-order valence-corrected chi connectivity index (χ2v) is 12.1. The van der Waals surface area contributed by atoms with Crippen LogP contribution in [0.3, 0.4) is 0 Å². The minimum absolute atomic E-state index is 0.932. The van der Waals surface area contributed by atoms with E-state index in [1.54, 1.807) is 0 Å². The number of fused-ring (bicyclic) bond motifs is 8. The molecule has 47 heavy (non-hydrogen) atoms. The van der Waals surface area contributed by atoms with Crippen molar-refractivity contribution in [1.82, 2.24) is 18.7 Å². The molecule has 0 amide bonds. The molecule has 0 N–H and O–H groups in total. The minimum atomic E-state index is 0.932. The van der Waals surface area contributed by atoms with E-state index in [0.29, 0.717) is 0 Å². The van der Waals surface area contributed by atoms with Crippen LogP contribution in [0.4, 0.5) is 0 Å². The van der Waals surface area contributed by atoms with E-state index < -0.39 is 0 Å². The van der Waals surface area contributed by atoms with E-state index in [1.165, 1.54) is 43.5 Å². The lowest BCUT2D eigenvalue weighted by molar-refractivity contribution is 1.10. The molecule has 0 radical (unpaired) electrons.